The third kappa shape index (κ3) is 3.12. The summed E-state index contributed by atoms with van der Waals surface area (Å²) in [7, 11) is 0.671. The molecule has 1 rings (SSSR count). The zero-order valence-electron chi connectivity index (χ0n) is 8.09. The van der Waals surface area contributed by atoms with E-state index >= 15 is 0 Å². The molecule has 14 heavy (non-hydrogen) atoms. The van der Waals surface area contributed by atoms with E-state index in [4.69, 9.17) is 14.6 Å². The van der Waals surface area contributed by atoms with Crippen molar-refractivity contribution < 1.29 is 24.8 Å². The van der Waals surface area contributed by atoms with Gasteiger partial charge in [-0.1, -0.05) is 8.58 Å². The second kappa shape index (κ2) is 5.95. The number of aliphatic hydroxyl groups is 3. The van der Waals surface area contributed by atoms with Gasteiger partial charge in [-0.15, -0.1) is 0 Å². The van der Waals surface area contributed by atoms with Crippen molar-refractivity contribution in [2.75, 3.05) is 26.2 Å². The molecule has 84 valence electrons. The van der Waals surface area contributed by atoms with E-state index < -0.39 is 24.4 Å². The molecule has 0 aliphatic carbocycles. The first-order chi connectivity index (χ1) is 6.66. The van der Waals surface area contributed by atoms with E-state index in [1.165, 1.54) is 0 Å². The Morgan fingerprint density at radius 1 is 1.57 bits per heavy atom. The van der Waals surface area contributed by atoms with Gasteiger partial charge >= 0.3 is 0 Å². The maximum absolute atomic E-state index is 9.55. The largest absolute Gasteiger partial charge is 0.388 e. The van der Waals surface area contributed by atoms with E-state index in [0.717, 1.165) is 0 Å². The van der Waals surface area contributed by atoms with E-state index in [1.807, 2.05) is 6.66 Å². The van der Waals surface area contributed by atoms with Crippen molar-refractivity contribution in [1.82, 2.24) is 0 Å². The van der Waals surface area contributed by atoms with Gasteiger partial charge < -0.3 is 24.8 Å². The van der Waals surface area contributed by atoms with Gasteiger partial charge in [0.25, 0.3) is 0 Å². The van der Waals surface area contributed by atoms with Crippen LogP contribution in [0.25, 0.3) is 0 Å². The third-order valence-corrected chi connectivity index (χ3v) is 2.60. The quantitative estimate of drug-likeness (QED) is 0.402. The summed E-state index contributed by atoms with van der Waals surface area (Å²) in [5.74, 6) is 0. The molecule has 1 heterocycles. The number of ether oxygens (including phenoxy) is 2. The van der Waals surface area contributed by atoms with E-state index in [0.29, 0.717) is 14.9 Å². The Morgan fingerprint density at radius 3 is 2.79 bits per heavy atom. The van der Waals surface area contributed by atoms with Crippen LogP contribution in [0.4, 0.5) is 0 Å². The van der Waals surface area contributed by atoms with Gasteiger partial charge in [-0.2, -0.15) is 0 Å². The van der Waals surface area contributed by atoms with Crippen LogP contribution in [0.15, 0.2) is 0 Å². The molecule has 3 N–H and O–H groups in total. The lowest BCUT2D eigenvalue weighted by atomic mass is 10.1. The Morgan fingerprint density at radius 2 is 2.29 bits per heavy atom. The molecule has 5 nitrogen and oxygen atoms in total. The van der Waals surface area contributed by atoms with Gasteiger partial charge in [0.05, 0.1) is 19.6 Å². The molecule has 6 heteroatoms. The minimum atomic E-state index is -1.02. The molecule has 1 aliphatic rings. The Bertz CT molecular complexity index is 168. The predicted molar refractivity (Wildman–Crippen MR) is 52.8 cm³/mol. The molecule has 0 aromatic heterocycles. The Balaban J connectivity index is 2.26. The van der Waals surface area contributed by atoms with Crippen molar-refractivity contribution in [3.05, 3.63) is 0 Å². The molecule has 1 aliphatic heterocycles. The SMILES string of the molecule is CPCOCC(O)C1OC[C@@H](O)C1O. The average Bonchev–Trinajstić information content (AvgIpc) is 2.48. The highest BCUT2D eigenvalue weighted by molar-refractivity contribution is 7.36. The molecule has 0 amide bonds. The number of rotatable bonds is 5. The van der Waals surface area contributed by atoms with Gasteiger partial charge in [-0.05, 0) is 6.66 Å². The fraction of sp³-hybridized carbons (Fsp3) is 1.00. The standard InChI is InChI=1S/C8H17O5P/c1-14-4-12-2-6(10)8-7(11)5(9)3-13-8/h5-11,14H,2-4H2,1H3/t5-,6?,7?,8?/m1/s1. The zero-order chi connectivity index (χ0) is 10.6. The van der Waals surface area contributed by atoms with Gasteiger partial charge in [0.2, 0.25) is 0 Å². The lowest BCUT2D eigenvalue weighted by molar-refractivity contribution is -0.0763. The van der Waals surface area contributed by atoms with Gasteiger partial charge in [-0.25, -0.2) is 0 Å². The van der Waals surface area contributed by atoms with Crippen LogP contribution in [0, 0.1) is 0 Å². The molecule has 0 aromatic rings. The molecular weight excluding hydrogens is 207 g/mol. The van der Waals surface area contributed by atoms with Crippen LogP contribution >= 0.6 is 8.58 Å². The summed E-state index contributed by atoms with van der Waals surface area (Å²) in [6.45, 7) is 2.20. The molecule has 0 radical (unpaired) electrons. The maximum Gasteiger partial charge on any atom is 0.114 e. The summed E-state index contributed by atoms with van der Waals surface area (Å²) < 4.78 is 10.2. The van der Waals surface area contributed by atoms with Crippen LogP contribution in [0.5, 0.6) is 0 Å². The van der Waals surface area contributed by atoms with Crippen molar-refractivity contribution in [3.63, 3.8) is 0 Å². The first-order valence-corrected chi connectivity index (χ1v) is 6.25. The average molecular weight is 224 g/mol. The molecule has 1 fully saturated rings. The topological polar surface area (TPSA) is 79.2 Å². The normalized spacial score (nSPS) is 35.6. The smallest absolute Gasteiger partial charge is 0.114 e. The fourth-order valence-corrected chi connectivity index (χ4v) is 1.66. The van der Waals surface area contributed by atoms with Gasteiger partial charge in [0, 0.05) is 0 Å². The fourth-order valence-electron chi connectivity index (χ4n) is 1.34. The Hall–Kier alpha value is 0.230. The van der Waals surface area contributed by atoms with Crippen molar-refractivity contribution in [2.24, 2.45) is 0 Å². The van der Waals surface area contributed by atoms with Gasteiger partial charge in [-0.3, -0.25) is 0 Å². The van der Waals surface area contributed by atoms with Crippen molar-refractivity contribution in [2.45, 2.75) is 24.4 Å². The summed E-state index contributed by atoms with van der Waals surface area (Å²) in [4.78, 5) is 0. The first-order valence-electron chi connectivity index (χ1n) is 4.55. The molecule has 1 saturated heterocycles. The van der Waals surface area contributed by atoms with Gasteiger partial charge in [0.15, 0.2) is 0 Å². The molecule has 0 bridgehead atoms. The highest BCUT2D eigenvalue weighted by Crippen LogP contribution is 2.18. The lowest BCUT2D eigenvalue weighted by Crippen LogP contribution is -2.40. The first kappa shape index (κ1) is 12.3. The summed E-state index contributed by atoms with van der Waals surface area (Å²) in [5.41, 5.74) is 0. The Kier molecular flexibility index (Phi) is 5.23. The number of hydrogen-bond donors (Lipinski definition) is 3. The van der Waals surface area contributed by atoms with Crippen molar-refractivity contribution in [3.8, 4) is 0 Å². The number of aliphatic hydroxyl groups excluding tert-OH is 3. The summed E-state index contributed by atoms with van der Waals surface area (Å²) in [6.07, 6.45) is -2.92. The monoisotopic (exact) mass is 224 g/mol. The molecule has 0 spiro atoms. The van der Waals surface area contributed by atoms with Crippen LogP contribution in [0.3, 0.4) is 0 Å². The van der Waals surface area contributed by atoms with E-state index in [1.54, 1.807) is 0 Å². The summed E-state index contributed by atoms with van der Waals surface area (Å²) >= 11 is 0. The summed E-state index contributed by atoms with van der Waals surface area (Å²) in [5, 5.41) is 28.1. The second-order valence-electron chi connectivity index (χ2n) is 3.29. The Labute approximate surface area is 84.8 Å². The van der Waals surface area contributed by atoms with E-state index in [-0.39, 0.29) is 13.2 Å². The molecular formula is C8H17O5P. The highest BCUT2D eigenvalue weighted by Gasteiger charge is 2.39. The van der Waals surface area contributed by atoms with Crippen molar-refractivity contribution in [1.29, 1.82) is 0 Å². The van der Waals surface area contributed by atoms with Gasteiger partial charge in [0.1, 0.15) is 24.4 Å². The van der Waals surface area contributed by atoms with E-state index in [2.05, 4.69) is 0 Å². The maximum atomic E-state index is 9.55. The minimum Gasteiger partial charge on any atom is -0.388 e. The van der Waals surface area contributed by atoms with Crippen LogP contribution in [0.2, 0.25) is 0 Å². The van der Waals surface area contributed by atoms with Crippen LogP contribution in [-0.2, 0) is 9.47 Å². The third-order valence-electron chi connectivity index (χ3n) is 2.10. The van der Waals surface area contributed by atoms with Crippen LogP contribution in [0.1, 0.15) is 0 Å². The minimum absolute atomic E-state index is 0.0679. The molecule has 5 atom stereocenters. The second-order valence-corrected chi connectivity index (χ2v) is 4.29. The number of hydrogen-bond acceptors (Lipinski definition) is 5. The van der Waals surface area contributed by atoms with E-state index in [9.17, 15) is 10.2 Å². The summed E-state index contributed by atoms with van der Waals surface area (Å²) in [6, 6.07) is 0. The molecule has 0 saturated carbocycles. The highest BCUT2D eigenvalue weighted by atomic mass is 31.1. The van der Waals surface area contributed by atoms with Crippen LogP contribution in [-0.4, -0.2) is 66.0 Å². The zero-order valence-corrected chi connectivity index (χ0v) is 9.09. The van der Waals surface area contributed by atoms with Crippen LogP contribution < -0.4 is 0 Å². The molecule has 4 unspecified atom stereocenters. The predicted octanol–water partition coefficient (Wildman–Crippen LogP) is -1.25. The van der Waals surface area contributed by atoms with Crippen molar-refractivity contribution >= 4 is 8.58 Å². The molecule has 0 aromatic carbocycles. The lowest BCUT2D eigenvalue weighted by Gasteiger charge is -2.20.